The quantitative estimate of drug-likeness (QED) is 0.631. The molecule has 0 unspecified atom stereocenters. The molecule has 0 spiro atoms. The minimum atomic E-state index is -0.563. The van der Waals surface area contributed by atoms with E-state index in [0.29, 0.717) is 17.8 Å². The van der Waals surface area contributed by atoms with E-state index in [1.54, 1.807) is 18.3 Å². The van der Waals surface area contributed by atoms with Gasteiger partial charge in [-0.05, 0) is 12.5 Å². The molecule has 1 aromatic rings. The van der Waals surface area contributed by atoms with Gasteiger partial charge in [0.1, 0.15) is 5.82 Å². The number of hydrogen-bond acceptors (Lipinski definition) is 4. The van der Waals surface area contributed by atoms with E-state index in [1.165, 1.54) is 0 Å². The van der Waals surface area contributed by atoms with Crippen molar-refractivity contribution in [3.05, 3.63) is 23.9 Å². The Kier molecular flexibility index (Phi) is 3.22. The molecule has 13 heavy (non-hydrogen) atoms. The lowest BCUT2D eigenvalue weighted by Gasteiger charge is -2.18. The number of nitrogens with two attached hydrogens (primary N) is 2. The SMILES string of the molecule is CC[C@@H](O)[C@@H](N)c1cccnc1N. The largest absolute Gasteiger partial charge is 0.391 e. The smallest absolute Gasteiger partial charge is 0.128 e. The molecule has 0 aromatic carbocycles. The van der Waals surface area contributed by atoms with Gasteiger partial charge in [-0.3, -0.25) is 0 Å². The van der Waals surface area contributed by atoms with Crippen molar-refractivity contribution in [1.29, 1.82) is 0 Å². The third kappa shape index (κ3) is 2.17. The van der Waals surface area contributed by atoms with Gasteiger partial charge in [-0.2, -0.15) is 0 Å². The highest BCUT2D eigenvalue weighted by Crippen LogP contribution is 2.19. The van der Waals surface area contributed by atoms with Gasteiger partial charge in [0.2, 0.25) is 0 Å². The minimum absolute atomic E-state index is 0.391. The molecule has 0 amide bonds. The van der Waals surface area contributed by atoms with Crippen molar-refractivity contribution in [2.45, 2.75) is 25.5 Å². The van der Waals surface area contributed by atoms with Crippen LogP contribution in [0.25, 0.3) is 0 Å². The van der Waals surface area contributed by atoms with E-state index >= 15 is 0 Å². The van der Waals surface area contributed by atoms with E-state index in [0.717, 1.165) is 0 Å². The zero-order valence-electron chi connectivity index (χ0n) is 7.64. The van der Waals surface area contributed by atoms with Gasteiger partial charge in [-0.25, -0.2) is 4.98 Å². The van der Waals surface area contributed by atoms with Crippen LogP contribution in [0.4, 0.5) is 5.82 Å². The van der Waals surface area contributed by atoms with E-state index in [2.05, 4.69) is 4.98 Å². The van der Waals surface area contributed by atoms with Crippen molar-refractivity contribution < 1.29 is 5.11 Å². The molecule has 0 bridgehead atoms. The highest BCUT2D eigenvalue weighted by Gasteiger charge is 2.17. The molecular weight excluding hydrogens is 166 g/mol. The van der Waals surface area contributed by atoms with Gasteiger partial charge in [0, 0.05) is 11.8 Å². The molecule has 4 nitrogen and oxygen atoms in total. The van der Waals surface area contributed by atoms with Crippen molar-refractivity contribution in [3.63, 3.8) is 0 Å². The predicted octanol–water partition coefficient (Wildman–Crippen LogP) is 0.435. The predicted molar refractivity (Wildman–Crippen MR) is 51.9 cm³/mol. The second-order valence-electron chi connectivity index (χ2n) is 2.98. The maximum absolute atomic E-state index is 9.50. The van der Waals surface area contributed by atoms with Crippen molar-refractivity contribution >= 4 is 5.82 Å². The van der Waals surface area contributed by atoms with Crippen LogP contribution in [-0.4, -0.2) is 16.2 Å². The topological polar surface area (TPSA) is 85.2 Å². The third-order valence-corrected chi connectivity index (χ3v) is 2.06. The number of hydrogen-bond donors (Lipinski definition) is 3. The number of pyridine rings is 1. The first-order chi connectivity index (χ1) is 6.16. The molecule has 0 aliphatic heterocycles. The van der Waals surface area contributed by atoms with Gasteiger partial charge in [-0.1, -0.05) is 13.0 Å². The second-order valence-corrected chi connectivity index (χ2v) is 2.98. The Labute approximate surface area is 77.6 Å². The summed E-state index contributed by atoms with van der Waals surface area (Å²) in [4.78, 5) is 3.90. The summed E-state index contributed by atoms with van der Waals surface area (Å²) in [6.45, 7) is 1.87. The Morgan fingerprint density at radius 1 is 1.62 bits per heavy atom. The molecule has 0 fully saturated rings. The second kappa shape index (κ2) is 4.20. The molecule has 0 aliphatic rings. The Balaban J connectivity index is 2.88. The molecule has 0 radical (unpaired) electrons. The standard InChI is InChI=1S/C9H15N3O/c1-2-7(13)8(10)6-4-3-5-12-9(6)11/h3-5,7-8,13H,2,10H2,1H3,(H2,11,12)/t7-,8+/m1/s1. The van der Waals surface area contributed by atoms with Crippen LogP contribution in [0.3, 0.4) is 0 Å². The van der Waals surface area contributed by atoms with Gasteiger partial charge in [0.05, 0.1) is 12.1 Å². The fourth-order valence-electron chi connectivity index (χ4n) is 1.17. The highest BCUT2D eigenvalue weighted by atomic mass is 16.3. The Morgan fingerprint density at radius 3 is 2.85 bits per heavy atom. The Hall–Kier alpha value is -1.13. The molecule has 5 N–H and O–H groups in total. The van der Waals surface area contributed by atoms with Crippen molar-refractivity contribution in [2.24, 2.45) is 5.73 Å². The fourth-order valence-corrected chi connectivity index (χ4v) is 1.17. The average Bonchev–Trinajstić information content (AvgIpc) is 2.16. The average molecular weight is 181 g/mol. The zero-order chi connectivity index (χ0) is 9.84. The van der Waals surface area contributed by atoms with Crippen LogP contribution in [0.15, 0.2) is 18.3 Å². The lowest BCUT2D eigenvalue weighted by molar-refractivity contribution is 0.141. The van der Waals surface area contributed by atoms with Gasteiger partial charge in [0.25, 0.3) is 0 Å². The van der Waals surface area contributed by atoms with E-state index in [1.807, 2.05) is 6.92 Å². The van der Waals surface area contributed by atoms with Gasteiger partial charge < -0.3 is 16.6 Å². The van der Waals surface area contributed by atoms with Crippen LogP contribution in [0, 0.1) is 0 Å². The number of nitrogen functional groups attached to an aromatic ring is 1. The van der Waals surface area contributed by atoms with E-state index in [-0.39, 0.29) is 0 Å². The molecule has 1 heterocycles. The molecule has 2 atom stereocenters. The Morgan fingerprint density at radius 2 is 2.31 bits per heavy atom. The van der Waals surface area contributed by atoms with E-state index < -0.39 is 12.1 Å². The summed E-state index contributed by atoms with van der Waals surface area (Å²) in [5.74, 6) is 0.391. The number of nitrogens with zero attached hydrogens (tertiary/aromatic N) is 1. The summed E-state index contributed by atoms with van der Waals surface area (Å²) in [6.07, 6.45) is 1.64. The number of aliphatic hydroxyl groups excluding tert-OH is 1. The van der Waals surface area contributed by atoms with Crippen molar-refractivity contribution in [2.75, 3.05) is 5.73 Å². The number of aromatic nitrogens is 1. The van der Waals surface area contributed by atoms with E-state index in [9.17, 15) is 5.11 Å². The minimum Gasteiger partial charge on any atom is -0.391 e. The molecule has 0 aliphatic carbocycles. The first-order valence-electron chi connectivity index (χ1n) is 4.30. The molecular formula is C9H15N3O. The number of anilines is 1. The number of aliphatic hydroxyl groups is 1. The van der Waals surface area contributed by atoms with Crippen LogP contribution in [0.1, 0.15) is 24.9 Å². The molecule has 0 saturated carbocycles. The third-order valence-electron chi connectivity index (χ3n) is 2.06. The van der Waals surface area contributed by atoms with E-state index in [4.69, 9.17) is 11.5 Å². The highest BCUT2D eigenvalue weighted by molar-refractivity contribution is 5.41. The summed E-state index contributed by atoms with van der Waals surface area (Å²) < 4.78 is 0. The maximum atomic E-state index is 9.50. The van der Waals surface area contributed by atoms with Gasteiger partial charge in [-0.15, -0.1) is 0 Å². The van der Waals surface area contributed by atoms with Gasteiger partial charge in [0.15, 0.2) is 0 Å². The summed E-state index contributed by atoms with van der Waals surface area (Å²) in [5, 5.41) is 9.50. The molecule has 4 heteroatoms. The monoisotopic (exact) mass is 181 g/mol. The number of rotatable bonds is 3. The van der Waals surface area contributed by atoms with Crippen LogP contribution in [-0.2, 0) is 0 Å². The molecule has 72 valence electrons. The summed E-state index contributed by atoms with van der Waals surface area (Å²) >= 11 is 0. The fraction of sp³-hybridized carbons (Fsp3) is 0.444. The van der Waals surface area contributed by atoms with Gasteiger partial charge >= 0.3 is 0 Å². The summed E-state index contributed by atoms with van der Waals surface area (Å²) in [5.41, 5.74) is 12.1. The van der Waals surface area contributed by atoms with Crippen LogP contribution >= 0.6 is 0 Å². The van der Waals surface area contributed by atoms with Crippen molar-refractivity contribution in [1.82, 2.24) is 4.98 Å². The first kappa shape index (κ1) is 9.95. The Bertz CT molecular complexity index is 277. The van der Waals surface area contributed by atoms with Crippen molar-refractivity contribution in [3.8, 4) is 0 Å². The van der Waals surface area contributed by atoms with Crippen LogP contribution in [0.5, 0.6) is 0 Å². The molecule has 1 aromatic heterocycles. The molecule has 1 rings (SSSR count). The summed E-state index contributed by atoms with van der Waals surface area (Å²) in [6, 6.07) is 3.10. The maximum Gasteiger partial charge on any atom is 0.128 e. The lowest BCUT2D eigenvalue weighted by atomic mass is 10.0. The zero-order valence-corrected chi connectivity index (χ0v) is 7.64. The normalized spacial score (nSPS) is 15.3. The molecule has 0 saturated heterocycles. The first-order valence-corrected chi connectivity index (χ1v) is 4.30. The summed E-state index contributed by atoms with van der Waals surface area (Å²) in [7, 11) is 0. The van der Waals surface area contributed by atoms with Crippen LogP contribution in [0.2, 0.25) is 0 Å². The lowest BCUT2D eigenvalue weighted by Crippen LogP contribution is -2.26. The van der Waals surface area contributed by atoms with Crippen LogP contribution < -0.4 is 11.5 Å².